The van der Waals surface area contributed by atoms with Gasteiger partial charge in [-0.05, 0) is 5.82 Å². The Kier molecular flexibility index (Phi) is 1.27. The monoisotopic (exact) mass is 133 g/mol. The summed E-state index contributed by atoms with van der Waals surface area (Å²) in [7, 11) is -2.98. The van der Waals surface area contributed by atoms with Crippen LogP contribution in [0.2, 0.25) is 0 Å². The third-order valence-electron chi connectivity index (χ3n) is 1.09. The van der Waals surface area contributed by atoms with E-state index in [1.165, 1.54) is 0 Å². The maximum absolute atomic E-state index is 10.7. The predicted octanol–water partition coefficient (Wildman–Crippen LogP) is 0.330. The van der Waals surface area contributed by atoms with Crippen LogP contribution in [0.1, 0.15) is 0 Å². The second-order valence-electron chi connectivity index (χ2n) is 1.78. The van der Waals surface area contributed by atoms with Crippen molar-refractivity contribution >= 4 is 7.37 Å². The summed E-state index contributed by atoms with van der Waals surface area (Å²) < 4.78 is 10.7. The van der Waals surface area contributed by atoms with E-state index in [0.717, 1.165) is 5.82 Å². The van der Waals surface area contributed by atoms with Crippen molar-refractivity contribution in [3.63, 3.8) is 0 Å². The average Bonchev–Trinajstić information content (AvgIpc) is 2.44. The summed E-state index contributed by atoms with van der Waals surface area (Å²) in [6.45, 7) is 3.89. The normalized spacial score (nSPS) is 33.4. The molecule has 2 N–H and O–H groups in total. The zero-order valence-corrected chi connectivity index (χ0v) is 5.27. The topological polar surface area (TPSA) is 59.2 Å². The molecule has 0 saturated carbocycles. The van der Waals surface area contributed by atoms with E-state index in [2.05, 4.69) is 11.9 Å². The second-order valence-corrected chi connectivity index (χ2v) is 4.11. The van der Waals surface area contributed by atoms with Gasteiger partial charge in [0.1, 0.15) is 5.78 Å². The van der Waals surface area contributed by atoms with E-state index < -0.39 is 7.37 Å². The molecule has 2 atom stereocenters. The summed E-state index contributed by atoms with van der Waals surface area (Å²) in [5.41, 5.74) is 0. The molecule has 8 heavy (non-hydrogen) atoms. The Labute approximate surface area is 47.9 Å². The quantitative estimate of drug-likeness (QED) is 0.421. The lowest BCUT2D eigenvalue weighted by molar-refractivity contribution is 0.487. The van der Waals surface area contributed by atoms with E-state index in [4.69, 9.17) is 4.89 Å². The van der Waals surface area contributed by atoms with Gasteiger partial charge in [-0.3, -0.25) is 4.57 Å². The van der Waals surface area contributed by atoms with Crippen LogP contribution in [0.4, 0.5) is 0 Å². The number of nitrogens with one attached hydrogen (secondary N) is 1. The van der Waals surface area contributed by atoms with Crippen molar-refractivity contribution in [2.24, 2.45) is 0 Å². The molecule has 0 aromatic rings. The number of rotatable bonds is 2. The zero-order valence-electron chi connectivity index (χ0n) is 4.37. The lowest BCUT2D eigenvalue weighted by atomic mass is 11.0. The molecule has 1 saturated heterocycles. The molecule has 0 bridgehead atoms. The van der Waals surface area contributed by atoms with Crippen molar-refractivity contribution in [1.82, 2.24) is 5.32 Å². The fourth-order valence-corrected chi connectivity index (χ4v) is 1.32. The highest BCUT2D eigenvalue weighted by Crippen LogP contribution is 2.49. The summed E-state index contributed by atoms with van der Waals surface area (Å²) in [4.78, 5) is 8.84. The van der Waals surface area contributed by atoms with Gasteiger partial charge in [0.15, 0.2) is 0 Å². The first-order valence-corrected chi connectivity index (χ1v) is 4.16. The molecule has 0 aromatic heterocycles. The Bertz CT molecular complexity index is 152. The average molecular weight is 133 g/mol. The van der Waals surface area contributed by atoms with Gasteiger partial charge in [-0.15, -0.1) is 0 Å². The van der Waals surface area contributed by atoms with Gasteiger partial charge in [-0.1, -0.05) is 6.58 Å². The summed E-state index contributed by atoms with van der Waals surface area (Å²) >= 11 is 0. The van der Waals surface area contributed by atoms with Crippen molar-refractivity contribution in [2.75, 3.05) is 6.54 Å². The minimum atomic E-state index is -2.98. The maximum atomic E-state index is 10.7. The van der Waals surface area contributed by atoms with Crippen molar-refractivity contribution in [3.05, 3.63) is 12.4 Å². The van der Waals surface area contributed by atoms with Crippen LogP contribution in [0.15, 0.2) is 12.4 Å². The smallest absolute Gasteiger partial charge is 0.239 e. The molecular weight excluding hydrogens is 125 g/mol. The minimum Gasteiger partial charge on any atom is -0.340 e. The molecule has 1 aliphatic rings. The van der Waals surface area contributed by atoms with Crippen LogP contribution in [-0.2, 0) is 4.57 Å². The molecule has 1 heterocycles. The van der Waals surface area contributed by atoms with Gasteiger partial charge in [-0.2, -0.15) is 0 Å². The summed E-state index contributed by atoms with van der Waals surface area (Å²) in [6, 6.07) is 0. The third kappa shape index (κ3) is 0.996. The fourth-order valence-electron chi connectivity index (χ4n) is 0.442. The van der Waals surface area contributed by atoms with Crippen molar-refractivity contribution in [2.45, 2.75) is 5.78 Å². The molecule has 0 radical (unpaired) electrons. The van der Waals surface area contributed by atoms with E-state index in [1.54, 1.807) is 0 Å². The second kappa shape index (κ2) is 1.69. The first-order chi connectivity index (χ1) is 3.67. The molecule has 1 aliphatic heterocycles. The van der Waals surface area contributed by atoms with Gasteiger partial charge in [0.05, 0.1) is 0 Å². The fraction of sp³-hybridized carbons (Fsp3) is 0.500. The van der Waals surface area contributed by atoms with E-state index >= 15 is 0 Å². The summed E-state index contributed by atoms with van der Waals surface area (Å²) in [5, 5.41) is 2.74. The van der Waals surface area contributed by atoms with Crippen LogP contribution in [0.3, 0.4) is 0 Å². The molecule has 0 aliphatic carbocycles. The largest absolute Gasteiger partial charge is 0.340 e. The van der Waals surface area contributed by atoms with Crippen molar-refractivity contribution in [3.8, 4) is 0 Å². The van der Waals surface area contributed by atoms with Gasteiger partial charge < -0.3 is 10.2 Å². The lowest BCUT2D eigenvalue weighted by Gasteiger charge is -1.98. The molecular formula is C4H8NO2P. The highest BCUT2D eigenvalue weighted by molar-refractivity contribution is 7.62. The van der Waals surface area contributed by atoms with Gasteiger partial charge in [0.25, 0.3) is 0 Å². The molecule has 1 fully saturated rings. The van der Waals surface area contributed by atoms with Crippen LogP contribution in [-0.4, -0.2) is 17.2 Å². The van der Waals surface area contributed by atoms with Gasteiger partial charge >= 0.3 is 0 Å². The van der Waals surface area contributed by atoms with Crippen LogP contribution < -0.4 is 5.32 Å². The molecule has 0 spiro atoms. The van der Waals surface area contributed by atoms with E-state index in [1.807, 2.05) is 0 Å². The summed E-state index contributed by atoms with van der Waals surface area (Å²) in [5.74, 6) is 0.928. The Morgan fingerprint density at radius 1 is 2.00 bits per heavy atom. The molecule has 3 nitrogen and oxygen atoms in total. The SMILES string of the molecule is C=CP(=O)(O)C1CN1. The molecule has 1 rings (SSSR count). The Morgan fingerprint density at radius 3 is 2.62 bits per heavy atom. The van der Waals surface area contributed by atoms with Gasteiger partial charge in [-0.25, -0.2) is 0 Å². The van der Waals surface area contributed by atoms with Crippen LogP contribution in [0.5, 0.6) is 0 Å². The Morgan fingerprint density at radius 2 is 2.50 bits per heavy atom. The molecule has 2 unspecified atom stereocenters. The third-order valence-corrected chi connectivity index (χ3v) is 2.88. The van der Waals surface area contributed by atoms with Crippen molar-refractivity contribution < 1.29 is 9.46 Å². The van der Waals surface area contributed by atoms with E-state index in [9.17, 15) is 4.57 Å². The van der Waals surface area contributed by atoms with Crippen LogP contribution in [0, 0.1) is 0 Å². The zero-order chi connectivity index (χ0) is 6.20. The van der Waals surface area contributed by atoms with E-state index in [-0.39, 0.29) is 5.78 Å². The first-order valence-electron chi connectivity index (χ1n) is 2.36. The number of hydrogen-bond donors (Lipinski definition) is 2. The van der Waals surface area contributed by atoms with Crippen LogP contribution in [0.25, 0.3) is 0 Å². The maximum Gasteiger partial charge on any atom is 0.239 e. The number of hydrogen-bond acceptors (Lipinski definition) is 2. The van der Waals surface area contributed by atoms with Crippen LogP contribution >= 0.6 is 7.37 Å². The van der Waals surface area contributed by atoms with Crippen molar-refractivity contribution in [1.29, 1.82) is 0 Å². The molecule has 4 heteroatoms. The Balaban J connectivity index is 2.63. The molecule has 0 aromatic carbocycles. The standard InChI is InChI=1S/C4H8NO2P/c1-2-8(6,7)4-3-5-4/h2,4-5H,1,3H2,(H,6,7). The van der Waals surface area contributed by atoms with Gasteiger partial charge in [0.2, 0.25) is 7.37 Å². The summed E-state index contributed by atoms with van der Waals surface area (Å²) in [6.07, 6.45) is 0. The molecule has 0 amide bonds. The Hall–Kier alpha value is -0.110. The predicted molar refractivity (Wildman–Crippen MR) is 31.8 cm³/mol. The minimum absolute atomic E-state index is 0.194. The molecule has 46 valence electrons. The highest BCUT2D eigenvalue weighted by Gasteiger charge is 2.36. The lowest BCUT2D eigenvalue weighted by Crippen LogP contribution is -1.88. The van der Waals surface area contributed by atoms with Gasteiger partial charge in [0, 0.05) is 6.54 Å². The first kappa shape index (κ1) is 6.02. The van der Waals surface area contributed by atoms with E-state index in [0.29, 0.717) is 6.54 Å². The highest BCUT2D eigenvalue weighted by atomic mass is 31.2.